The van der Waals surface area contributed by atoms with Gasteiger partial charge >= 0.3 is 0 Å². The van der Waals surface area contributed by atoms with Crippen LogP contribution in [0.25, 0.3) is 0 Å². The van der Waals surface area contributed by atoms with Gasteiger partial charge in [0.2, 0.25) is 0 Å². The molecule has 2 saturated heterocycles. The van der Waals surface area contributed by atoms with E-state index in [1.165, 1.54) is 44.5 Å². The molecule has 6 heteroatoms. The van der Waals surface area contributed by atoms with E-state index in [2.05, 4.69) is 272 Å². The molecule has 0 aromatic heterocycles. The van der Waals surface area contributed by atoms with Gasteiger partial charge in [0.25, 0.3) is 8.53 Å². The molecule has 2 aliphatic rings. The van der Waals surface area contributed by atoms with Crippen molar-refractivity contribution in [3.8, 4) is 0 Å². The molecular weight excluding hydrogens is 890 g/mol. The Morgan fingerprint density at radius 2 is 0.493 bits per heavy atom. The Kier molecular flexibility index (Phi) is 14.7. The molecule has 2 aliphatic heterocycles. The molecule has 392 valence electrons. The second kappa shape index (κ2) is 18.2. The molecule has 4 aromatic carbocycles. The van der Waals surface area contributed by atoms with Crippen LogP contribution in [0.5, 0.6) is 0 Å². The highest BCUT2D eigenvalue weighted by Gasteiger charge is 2.68. The summed E-state index contributed by atoms with van der Waals surface area (Å²) in [6.45, 7) is 59.9. The van der Waals surface area contributed by atoms with Gasteiger partial charge in [-0.05, 0) is 138 Å². The van der Waals surface area contributed by atoms with Crippen LogP contribution in [-0.4, -0.2) is 36.8 Å². The Labute approximate surface area is 435 Å². The zero-order valence-corrected chi connectivity index (χ0v) is 51.0. The Hall–Kier alpha value is -2.89. The maximum Gasteiger partial charge on any atom is 0.260 e. The van der Waals surface area contributed by atoms with Crippen LogP contribution in [-0.2, 0) is 73.0 Å². The third kappa shape index (κ3) is 11.5. The van der Waals surface area contributed by atoms with Gasteiger partial charge < -0.3 is 18.5 Å². The largest absolute Gasteiger partial charge is 0.341 e. The smallest absolute Gasteiger partial charge is 0.260 e. The second-order valence-corrected chi connectivity index (χ2v) is 32.1. The van der Waals surface area contributed by atoms with Crippen LogP contribution in [0.3, 0.4) is 0 Å². The molecule has 0 amide bonds. The first kappa shape index (κ1) is 57.4. The number of hydrogen-bond acceptors (Lipinski definition) is 5. The fourth-order valence-electron chi connectivity index (χ4n) is 9.92. The zero-order valence-electron chi connectivity index (χ0n) is 50.1. The monoisotopic (exact) mass is 988 g/mol. The first-order valence-corrected chi connectivity index (χ1v) is 27.7. The van der Waals surface area contributed by atoms with E-state index in [0.29, 0.717) is 0 Å². The van der Waals surface area contributed by atoms with Crippen molar-refractivity contribution >= 4 is 8.53 Å². The molecular formula is C65H98NO4P. The average molecular weight is 988 g/mol. The number of rotatable bonds is 5. The summed E-state index contributed by atoms with van der Waals surface area (Å²) in [7, 11) is 2.32. The van der Waals surface area contributed by atoms with E-state index in [1.807, 2.05) is 0 Å². The van der Waals surface area contributed by atoms with E-state index in [-0.39, 0.29) is 43.3 Å². The summed E-state index contributed by atoms with van der Waals surface area (Å²) < 4.78 is 34.6. The van der Waals surface area contributed by atoms with Crippen molar-refractivity contribution in [3.05, 3.63) is 140 Å². The topological polar surface area (TPSA) is 40.2 Å². The van der Waals surface area contributed by atoms with Crippen LogP contribution in [0.4, 0.5) is 0 Å². The summed E-state index contributed by atoms with van der Waals surface area (Å²) in [5.74, 6) is -1.05. The van der Waals surface area contributed by atoms with Crippen LogP contribution in [0.2, 0.25) is 0 Å². The molecule has 4 aromatic rings. The molecule has 2 heterocycles. The zero-order chi connectivity index (χ0) is 54.1. The molecule has 0 N–H and O–H groups in total. The summed E-state index contributed by atoms with van der Waals surface area (Å²) in [5.41, 5.74) is 10.1. The summed E-state index contributed by atoms with van der Waals surface area (Å²) in [6.07, 6.45) is -1.47. The van der Waals surface area contributed by atoms with Gasteiger partial charge in [0, 0.05) is 0 Å². The first-order chi connectivity index (χ1) is 31.7. The average Bonchev–Trinajstić information content (AvgIpc) is 3.46. The van der Waals surface area contributed by atoms with Crippen molar-refractivity contribution < 1.29 is 18.5 Å². The normalized spacial score (nSPS) is 20.6. The van der Waals surface area contributed by atoms with Crippen LogP contribution in [0.15, 0.2) is 72.8 Å². The molecule has 6 rings (SSSR count). The Bertz CT molecular complexity index is 2140. The standard InChI is InChI=1S/C65H98NO4P/c1-55(2,3)41-29-42(56(4,5)6)34-49(33-41)64(50-35-43(57(7,8)9)30-44(36-50)58(10,11)12)53-54(68-63(25,26)67-53)65(70-71(69-64)66(27)28,51-37-45(59(13,14)15)31-46(38-51)60(16,17)18)52-39-47(61(19,20)21)32-48(40-52)62(22,23)24/h29-40,53-54H,1-28H3/t53-,54-/m0/s1. The Morgan fingerprint density at radius 3 is 0.634 bits per heavy atom. The molecule has 0 aliphatic carbocycles. The van der Waals surface area contributed by atoms with Crippen molar-refractivity contribution in [2.45, 2.75) is 253 Å². The van der Waals surface area contributed by atoms with Crippen molar-refractivity contribution in [3.63, 3.8) is 0 Å². The van der Waals surface area contributed by atoms with Gasteiger partial charge in [0.1, 0.15) is 12.2 Å². The van der Waals surface area contributed by atoms with Crippen LogP contribution in [0.1, 0.15) is 247 Å². The maximum absolute atomic E-state index is 8.36. The Morgan fingerprint density at radius 1 is 0.324 bits per heavy atom. The van der Waals surface area contributed by atoms with Gasteiger partial charge in [-0.15, -0.1) is 0 Å². The van der Waals surface area contributed by atoms with Crippen molar-refractivity contribution in [1.82, 2.24) is 4.67 Å². The SMILES string of the molecule is CN(C)P1OC(c2cc(C(C)(C)C)cc(C(C)(C)C)c2)(c2cc(C(C)(C)C)cc(C(C)(C)C)c2)[C@H]2OC(C)(C)O[C@@H]2C(c2cc(C(C)(C)C)cc(C(C)(C)C)c2)(c2cc(C(C)(C)C)cc(C(C)(C)C)c2)O1. The molecule has 2 atom stereocenters. The van der Waals surface area contributed by atoms with Gasteiger partial charge in [-0.2, -0.15) is 0 Å². The fourth-order valence-corrected chi connectivity index (χ4v) is 11.4. The minimum atomic E-state index is -1.91. The van der Waals surface area contributed by atoms with Gasteiger partial charge in [0.15, 0.2) is 17.0 Å². The lowest BCUT2D eigenvalue weighted by Crippen LogP contribution is -2.54. The van der Waals surface area contributed by atoms with E-state index in [4.69, 9.17) is 18.5 Å². The summed E-state index contributed by atoms with van der Waals surface area (Å²) >= 11 is 0. The van der Waals surface area contributed by atoms with E-state index in [0.717, 1.165) is 22.3 Å². The van der Waals surface area contributed by atoms with Crippen LogP contribution >= 0.6 is 8.53 Å². The number of hydrogen-bond donors (Lipinski definition) is 0. The summed E-state index contributed by atoms with van der Waals surface area (Å²) in [4.78, 5) is 0. The third-order valence-electron chi connectivity index (χ3n) is 15.0. The van der Waals surface area contributed by atoms with Gasteiger partial charge in [0.05, 0.1) is 0 Å². The molecule has 0 unspecified atom stereocenters. The first-order valence-electron chi connectivity index (χ1n) is 26.6. The number of fused-ring (bicyclic) bond motifs is 1. The van der Waals surface area contributed by atoms with E-state index in [1.54, 1.807) is 0 Å². The number of benzene rings is 4. The van der Waals surface area contributed by atoms with E-state index >= 15 is 0 Å². The minimum Gasteiger partial charge on any atom is -0.341 e. The predicted octanol–water partition coefficient (Wildman–Crippen LogP) is 17.6. The van der Waals surface area contributed by atoms with Gasteiger partial charge in [-0.3, -0.25) is 0 Å². The Balaban J connectivity index is 1.99. The predicted molar refractivity (Wildman–Crippen MR) is 304 cm³/mol. The molecule has 0 radical (unpaired) electrons. The van der Waals surface area contributed by atoms with E-state index in [9.17, 15) is 0 Å². The lowest BCUT2D eigenvalue weighted by molar-refractivity contribution is -0.175. The minimum absolute atomic E-state index is 0.183. The quantitative estimate of drug-likeness (QED) is 0.186. The molecule has 0 saturated carbocycles. The fraction of sp³-hybridized carbons (Fsp3) is 0.631. The van der Waals surface area contributed by atoms with Gasteiger partial charge in [-0.1, -0.05) is 239 Å². The molecule has 0 spiro atoms. The van der Waals surface area contributed by atoms with E-state index < -0.39 is 37.7 Å². The van der Waals surface area contributed by atoms with Crippen LogP contribution < -0.4 is 0 Å². The van der Waals surface area contributed by atoms with Crippen LogP contribution in [0, 0.1) is 0 Å². The molecule has 2 fully saturated rings. The summed E-state index contributed by atoms with van der Waals surface area (Å²) in [6, 6.07) is 29.1. The van der Waals surface area contributed by atoms with Crippen molar-refractivity contribution in [2.75, 3.05) is 14.1 Å². The van der Waals surface area contributed by atoms with Crippen molar-refractivity contribution in [2.24, 2.45) is 0 Å². The highest BCUT2D eigenvalue weighted by atomic mass is 31.2. The highest BCUT2D eigenvalue weighted by molar-refractivity contribution is 7.44. The molecule has 71 heavy (non-hydrogen) atoms. The number of nitrogens with zero attached hydrogens (tertiary/aromatic N) is 1. The second-order valence-electron chi connectivity index (χ2n) is 30.4. The van der Waals surface area contributed by atoms with Gasteiger partial charge in [-0.25, -0.2) is 4.67 Å². The summed E-state index contributed by atoms with van der Waals surface area (Å²) in [5, 5.41) is 0. The lowest BCUT2D eigenvalue weighted by atomic mass is 9.67. The lowest BCUT2D eigenvalue weighted by Gasteiger charge is -2.44. The third-order valence-corrected chi connectivity index (χ3v) is 16.6. The highest BCUT2D eigenvalue weighted by Crippen LogP contribution is 2.66. The molecule has 5 nitrogen and oxygen atoms in total. The van der Waals surface area contributed by atoms with Crippen molar-refractivity contribution in [1.29, 1.82) is 0 Å². The number of ether oxygens (including phenoxy) is 2. The molecule has 0 bridgehead atoms. The maximum atomic E-state index is 8.36.